The van der Waals surface area contributed by atoms with Crippen molar-refractivity contribution in [2.24, 2.45) is 11.8 Å². The molecule has 124 valence electrons. The number of piperidine rings is 1. The zero-order valence-electron chi connectivity index (χ0n) is 14.5. The largest absolute Gasteiger partial charge is 0.383 e. The number of nitrogens with zero attached hydrogens (tertiary/aromatic N) is 2. The molecular formula is C17H35N3O. The van der Waals surface area contributed by atoms with Crippen molar-refractivity contribution in [3.8, 4) is 0 Å². The topological polar surface area (TPSA) is 27.7 Å². The van der Waals surface area contributed by atoms with Gasteiger partial charge in [0.1, 0.15) is 0 Å². The van der Waals surface area contributed by atoms with Crippen LogP contribution in [0.1, 0.15) is 33.1 Å². The lowest BCUT2D eigenvalue weighted by Crippen LogP contribution is -2.58. The van der Waals surface area contributed by atoms with Gasteiger partial charge in [-0.1, -0.05) is 6.42 Å². The summed E-state index contributed by atoms with van der Waals surface area (Å²) in [6, 6.07) is 1.46. The van der Waals surface area contributed by atoms with Crippen LogP contribution in [0.3, 0.4) is 0 Å². The third-order valence-electron chi connectivity index (χ3n) is 5.38. The first-order chi connectivity index (χ1) is 10.1. The SMILES string of the molecule is COCCN(C)CCNC1C2CCCC1CN(C(C)C)C2. The van der Waals surface area contributed by atoms with E-state index in [0.717, 1.165) is 44.1 Å². The fourth-order valence-electron chi connectivity index (χ4n) is 4.01. The molecule has 2 rings (SSSR count). The van der Waals surface area contributed by atoms with Gasteiger partial charge in [-0.25, -0.2) is 0 Å². The van der Waals surface area contributed by atoms with Crippen molar-refractivity contribution in [2.75, 3.05) is 53.5 Å². The molecule has 0 aromatic rings. The van der Waals surface area contributed by atoms with Gasteiger partial charge in [-0.05, 0) is 45.6 Å². The van der Waals surface area contributed by atoms with Crippen molar-refractivity contribution in [3.63, 3.8) is 0 Å². The third kappa shape index (κ3) is 4.92. The number of likely N-dealkylation sites (tertiary alicyclic amines) is 1. The minimum Gasteiger partial charge on any atom is -0.383 e. The molecule has 2 unspecified atom stereocenters. The van der Waals surface area contributed by atoms with Crippen LogP contribution in [-0.4, -0.2) is 75.4 Å². The zero-order chi connectivity index (χ0) is 15.2. The summed E-state index contributed by atoms with van der Waals surface area (Å²) in [6.45, 7) is 11.4. The van der Waals surface area contributed by atoms with Crippen molar-refractivity contribution in [3.05, 3.63) is 0 Å². The molecular weight excluding hydrogens is 262 g/mol. The summed E-state index contributed by atoms with van der Waals surface area (Å²) in [7, 11) is 3.96. The lowest BCUT2D eigenvalue weighted by atomic mass is 9.73. The Bertz CT molecular complexity index is 284. The van der Waals surface area contributed by atoms with Gasteiger partial charge in [0.2, 0.25) is 0 Å². The Morgan fingerprint density at radius 1 is 1.19 bits per heavy atom. The third-order valence-corrected chi connectivity index (χ3v) is 5.38. The number of likely N-dealkylation sites (N-methyl/N-ethyl adjacent to an activating group) is 1. The summed E-state index contributed by atoms with van der Waals surface area (Å²) >= 11 is 0. The molecule has 2 bridgehead atoms. The summed E-state index contributed by atoms with van der Waals surface area (Å²) in [5, 5.41) is 3.88. The maximum absolute atomic E-state index is 5.14. The number of methoxy groups -OCH3 is 1. The zero-order valence-corrected chi connectivity index (χ0v) is 14.5. The Morgan fingerprint density at radius 2 is 1.86 bits per heavy atom. The second kappa shape index (κ2) is 8.47. The van der Waals surface area contributed by atoms with E-state index in [1.54, 1.807) is 7.11 Å². The van der Waals surface area contributed by atoms with Crippen molar-refractivity contribution < 1.29 is 4.74 Å². The van der Waals surface area contributed by atoms with E-state index in [4.69, 9.17) is 4.74 Å². The van der Waals surface area contributed by atoms with Gasteiger partial charge in [-0.15, -0.1) is 0 Å². The van der Waals surface area contributed by atoms with Crippen LogP contribution in [0.5, 0.6) is 0 Å². The normalized spacial score (nSPS) is 30.3. The smallest absolute Gasteiger partial charge is 0.0589 e. The van der Waals surface area contributed by atoms with E-state index in [0.29, 0.717) is 6.04 Å². The van der Waals surface area contributed by atoms with Gasteiger partial charge < -0.3 is 19.9 Å². The van der Waals surface area contributed by atoms with Crippen molar-refractivity contribution >= 4 is 0 Å². The maximum atomic E-state index is 5.14. The second-order valence-corrected chi connectivity index (χ2v) is 7.27. The van der Waals surface area contributed by atoms with Crippen molar-refractivity contribution in [1.29, 1.82) is 0 Å². The highest BCUT2D eigenvalue weighted by atomic mass is 16.5. The minimum absolute atomic E-state index is 0.703. The van der Waals surface area contributed by atoms with Gasteiger partial charge in [-0.2, -0.15) is 0 Å². The van der Waals surface area contributed by atoms with Crippen LogP contribution in [0.15, 0.2) is 0 Å². The van der Waals surface area contributed by atoms with Crippen LogP contribution >= 0.6 is 0 Å². The van der Waals surface area contributed by atoms with Crippen LogP contribution < -0.4 is 5.32 Å². The molecule has 0 radical (unpaired) electrons. The molecule has 21 heavy (non-hydrogen) atoms. The minimum atomic E-state index is 0.703. The molecule has 1 aliphatic heterocycles. The summed E-state index contributed by atoms with van der Waals surface area (Å²) in [4.78, 5) is 5.05. The number of nitrogens with one attached hydrogen (secondary N) is 1. The average Bonchev–Trinajstić information content (AvgIpc) is 2.44. The second-order valence-electron chi connectivity index (χ2n) is 7.27. The summed E-state index contributed by atoms with van der Waals surface area (Å²) in [5.74, 6) is 1.73. The Labute approximate surface area is 131 Å². The number of ether oxygens (including phenoxy) is 1. The van der Waals surface area contributed by atoms with Gasteiger partial charge in [-0.3, -0.25) is 0 Å². The monoisotopic (exact) mass is 297 g/mol. The molecule has 2 aliphatic rings. The molecule has 4 heteroatoms. The highest BCUT2D eigenvalue weighted by Gasteiger charge is 2.39. The number of fused-ring (bicyclic) bond motifs is 2. The van der Waals surface area contributed by atoms with Crippen LogP contribution in [0.25, 0.3) is 0 Å². The fourth-order valence-corrected chi connectivity index (χ4v) is 4.01. The molecule has 2 fully saturated rings. The van der Waals surface area contributed by atoms with E-state index in [2.05, 4.69) is 36.0 Å². The maximum Gasteiger partial charge on any atom is 0.0589 e. The molecule has 0 aromatic carbocycles. The first kappa shape index (κ1) is 17.2. The van der Waals surface area contributed by atoms with Gasteiger partial charge >= 0.3 is 0 Å². The van der Waals surface area contributed by atoms with Crippen molar-refractivity contribution in [2.45, 2.75) is 45.2 Å². The van der Waals surface area contributed by atoms with E-state index in [9.17, 15) is 0 Å². The first-order valence-electron chi connectivity index (χ1n) is 8.76. The molecule has 0 spiro atoms. The Balaban J connectivity index is 1.75. The highest BCUT2D eigenvalue weighted by molar-refractivity contribution is 4.95. The summed E-state index contributed by atoms with van der Waals surface area (Å²) < 4.78 is 5.14. The van der Waals surface area contributed by atoms with Crippen LogP contribution in [0.4, 0.5) is 0 Å². The van der Waals surface area contributed by atoms with E-state index < -0.39 is 0 Å². The van der Waals surface area contributed by atoms with Gasteiger partial charge in [0.25, 0.3) is 0 Å². The molecule has 1 heterocycles. The predicted octanol–water partition coefficient (Wildman–Crippen LogP) is 1.66. The summed E-state index contributed by atoms with van der Waals surface area (Å²) in [5.41, 5.74) is 0. The van der Waals surface area contributed by atoms with Gasteiger partial charge in [0, 0.05) is 51.9 Å². The quantitative estimate of drug-likeness (QED) is 0.737. The highest BCUT2D eigenvalue weighted by Crippen LogP contribution is 2.35. The molecule has 2 atom stereocenters. The van der Waals surface area contributed by atoms with Crippen molar-refractivity contribution in [1.82, 2.24) is 15.1 Å². The van der Waals surface area contributed by atoms with Gasteiger partial charge in [0.05, 0.1) is 6.61 Å². The van der Waals surface area contributed by atoms with Gasteiger partial charge in [0.15, 0.2) is 0 Å². The molecule has 1 saturated heterocycles. The van der Waals surface area contributed by atoms with Crippen LogP contribution in [-0.2, 0) is 4.74 Å². The molecule has 1 N–H and O–H groups in total. The predicted molar refractivity (Wildman–Crippen MR) is 88.7 cm³/mol. The standard InChI is InChI=1S/C17H35N3O/c1-14(2)20-12-15-6-5-7-16(13-20)17(15)18-8-9-19(3)10-11-21-4/h14-18H,5-13H2,1-4H3. The molecule has 1 saturated carbocycles. The number of hydrogen-bond acceptors (Lipinski definition) is 4. The molecule has 0 amide bonds. The lowest BCUT2D eigenvalue weighted by molar-refractivity contribution is 0.0289. The van der Waals surface area contributed by atoms with Crippen LogP contribution in [0.2, 0.25) is 0 Å². The fraction of sp³-hybridized carbons (Fsp3) is 1.00. The van der Waals surface area contributed by atoms with E-state index in [1.165, 1.54) is 32.4 Å². The Morgan fingerprint density at radius 3 is 2.43 bits per heavy atom. The number of hydrogen-bond donors (Lipinski definition) is 1. The Hall–Kier alpha value is -0.160. The Kier molecular flexibility index (Phi) is 6.93. The lowest BCUT2D eigenvalue weighted by Gasteiger charge is -2.49. The molecule has 0 aromatic heterocycles. The molecule has 1 aliphatic carbocycles. The first-order valence-corrected chi connectivity index (χ1v) is 8.76. The summed E-state index contributed by atoms with van der Waals surface area (Å²) in [6.07, 6.45) is 4.26. The van der Waals surface area contributed by atoms with Crippen LogP contribution in [0, 0.1) is 11.8 Å². The average molecular weight is 297 g/mol. The van der Waals surface area contributed by atoms with E-state index in [-0.39, 0.29) is 0 Å². The molecule has 4 nitrogen and oxygen atoms in total. The van der Waals surface area contributed by atoms with E-state index >= 15 is 0 Å². The van der Waals surface area contributed by atoms with E-state index in [1.807, 2.05) is 0 Å². The number of rotatable bonds is 8.